The number of fused-ring (bicyclic) bond motifs is 1. The van der Waals surface area contributed by atoms with Crippen LogP contribution in [0.3, 0.4) is 0 Å². The summed E-state index contributed by atoms with van der Waals surface area (Å²) in [6.45, 7) is 5.39. The lowest BCUT2D eigenvalue weighted by Crippen LogP contribution is -1.88. The molecule has 0 radical (unpaired) electrons. The van der Waals surface area contributed by atoms with Crippen LogP contribution in [0.1, 0.15) is 18.2 Å². The standard InChI is InChI=1S/C18H15FN2/c1-3-14(19)18-13(11-20-15(18)4-2)17-10-9-12-7-5-6-8-16(12)21-17/h3-11,20H,2H2,1H3/b14-3+. The molecule has 2 nitrogen and oxygen atoms in total. The molecular weight excluding hydrogens is 263 g/mol. The van der Waals surface area contributed by atoms with Crippen molar-refractivity contribution in [3.63, 3.8) is 0 Å². The molecule has 21 heavy (non-hydrogen) atoms. The molecule has 0 atom stereocenters. The quantitative estimate of drug-likeness (QED) is 0.700. The fourth-order valence-corrected chi connectivity index (χ4v) is 2.42. The van der Waals surface area contributed by atoms with E-state index in [1.165, 1.54) is 6.08 Å². The fraction of sp³-hybridized carbons (Fsp3) is 0.0556. The SMILES string of the molecule is C=Cc1[nH]cc(-c2ccc3ccccc3n2)c1/C(F)=C\C. The van der Waals surface area contributed by atoms with Crippen molar-refractivity contribution in [1.29, 1.82) is 0 Å². The minimum absolute atomic E-state index is 0.281. The Bertz CT molecular complexity index is 843. The first kappa shape index (κ1) is 13.3. The van der Waals surface area contributed by atoms with Crippen LogP contribution >= 0.6 is 0 Å². The zero-order chi connectivity index (χ0) is 14.8. The molecule has 0 saturated heterocycles. The first-order valence-corrected chi connectivity index (χ1v) is 6.76. The molecule has 0 unspecified atom stereocenters. The largest absolute Gasteiger partial charge is 0.360 e. The number of nitrogens with zero attached hydrogens (tertiary/aromatic N) is 1. The van der Waals surface area contributed by atoms with E-state index >= 15 is 0 Å². The third-order valence-electron chi connectivity index (χ3n) is 3.48. The summed E-state index contributed by atoms with van der Waals surface area (Å²) in [6.07, 6.45) is 4.83. The Kier molecular flexibility index (Phi) is 3.40. The third kappa shape index (κ3) is 2.27. The molecule has 0 spiro atoms. The van der Waals surface area contributed by atoms with Gasteiger partial charge in [0.1, 0.15) is 5.83 Å². The van der Waals surface area contributed by atoms with Gasteiger partial charge in [-0.15, -0.1) is 0 Å². The van der Waals surface area contributed by atoms with Crippen LogP contribution in [0.2, 0.25) is 0 Å². The number of nitrogens with one attached hydrogen (secondary N) is 1. The monoisotopic (exact) mass is 278 g/mol. The van der Waals surface area contributed by atoms with Crippen molar-refractivity contribution in [3.05, 3.63) is 66.5 Å². The van der Waals surface area contributed by atoms with Crippen molar-refractivity contribution in [3.8, 4) is 11.3 Å². The highest BCUT2D eigenvalue weighted by Crippen LogP contribution is 2.33. The van der Waals surface area contributed by atoms with Crippen molar-refractivity contribution in [1.82, 2.24) is 9.97 Å². The van der Waals surface area contributed by atoms with Crippen LogP contribution < -0.4 is 0 Å². The predicted octanol–water partition coefficient (Wildman–Crippen LogP) is 5.20. The molecule has 0 saturated carbocycles. The summed E-state index contributed by atoms with van der Waals surface area (Å²) < 4.78 is 14.2. The number of allylic oxidation sites excluding steroid dienone is 1. The summed E-state index contributed by atoms with van der Waals surface area (Å²) in [5.41, 5.74) is 3.55. The zero-order valence-electron chi connectivity index (χ0n) is 11.7. The van der Waals surface area contributed by atoms with Gasteiger partial charge in [-0.1, -0.05) is 36.9 Å². The molecule has 2 aromatic heterocycles. The maximum absolute atomic E-state index is 14.2. The molecule has 2 heterocycles. The van der Waals surface area contributed by atoms with Crippen LogP contribution in [0.4, 0.5) is 4.39 Å². The Hall–Kier alpha value is -2.68. The summed E-state index contributed by atoms with van der Waals surface area (Å²) in [5.74, 6) is -0.281. The van der Waals surface area contributed by atoms with E-state index in [0.717, 1.165) is 22.2 Å². The molecular formula is C18H15FN2. The summed E-state index contributed by atoms with van der Waals surface area (Å²) in [6, 6.07) is 11.8. The van der Waals surface area contributed by atoms with Gasteiger partial charge in [0, 0.05) is 28.4 Å². The third-order valence-corrected chi connectivity index (χ3v) is 3.48. The molecule has 104 valence electrons. The topological polar surface area (TPSA) is 28.7 Å². The number of pyridine rings is 1. The molecule has 3 aromatic rings. The van der Waals surface area contributed by atoms with Gasteiger partial charge in [-0.3, -0.25) is 0 Å². The Morgan fingerprint density at radius 3 is 2.81 bits per heavy atom. The first-order valence-electron chi connectivity index (χ1n) is 6.76. The minimum atomic E-state index is -0.281. The van der Waals surface area contributed by atoms with Crippen LogP contribution in [-0.4, -0.2) is 9.97 Å². The van der Waals surface area contributed by atoms with Crippen LogP contribution in [0.15, 0.2) is 55.3 Å². The number of benzene rings is 1. The average Bonchev–Trinajstić information content (AvgIpc) is 2.97. The molecule has 0 aliphatic carbocycles. The van der Waals surface area contributed by atoms with Gasteiger partial charge in [0.25, 0.3) is 0 Å². The van der Waals surface area contributed by atoms with E-state index in [0.29, 0.717) is 11.3 Å². The highest BCUT2D eigenvalue weighted by atomic mass is 19.1. The number of hydrogen-bond acceptors (Lipinski definition) is 1. The second kappa shape index (κ2) is 5.37. The average molecular weight is 278 g/mol. The van der Waals surface area contributed by atoms with E-state index in [4.69, 9.17) is 0 Å². The van der Waals surface area contributed by atoms with Crippen molar-refractivity contribution >= 4 is 22.8 Å². The van der Waals surface area contributed by atoms with Gasteiger partial charge in [-0.05, 0) is 25.1 Å². The Labute approximate surface area is 122 Å². The number of hydrogen-bond donors (Lipinski definition) is 1. The lowest BCUT2D eigenvalue weighted by atomic mass is 10.0. The molecule has 0 aliphatic heterocycles. The first-order chi connectivity index (χ1) is 10.2. The molecule has 1 N–H and O–H groups in total. The van der Waals surface area contributed by atoms with Crippen LogP contribution in [0.5, 0.6) is 0 Å². The molecule has 0 bridgehead atoms. The van der Waals surface area contributed by atoms with E-state index in [1.807, 2.05) is 36.4 Å². The molecule has 0 amide bonds. The number of rotatable bonds is 3. The normalized spacial score (nSPS) is 11.8. The minimum Gasteiger partial charge on any atom is -0.360 e. The van der Waals surface area contributed by atoms with Crippen molar-refractivity contribution < 1.29 is 4.39 Å². The molecule has 0 fully saturated rings. The Morgan fingerprint density at radius 2 is 2.05 bits per heavy atom. The lowest BCUT2D eigenvalue weighted by Gasteiger charge is -2.05. The van der Waals surface area contributed by atoms with Crippen LogP contribution in [0, 0.1) is 0 Å². The Balaban J connectivity index is 2.23. The number of aromatic nitrogens is 2. The van der Waals surface area contributed by atoms with Crippen molar-refractivity contribution in [2.75, 3.05) is 0 Å². The number of halogens is 1. The van der Waals surface area contributed by atoms with Gasteiger partial charge in [0.2, 0.25) is 0 Å². The van der Waals surface area contributed by atoms with Gasteiger partial charge >= 0.3 is 0 Å². The highest BCUT2D eigenvalue weighted by molar-refractivity contribution is 5.86. The number of para-hydroxylation sites is 1. The lowest BCUT2D eigenvalue weighted by molar-refractivity contribution is 0.758. The van der Waals surface area contributed by atoms with Gasteiger partial charge in [0.05, 0.1) is 11.2 Å². The summed E-state index contributed by atoms with van der Waals surface area (Å²) in [5, 5.41) is 1.06. The Morgan fingerprint density at radius 1 is 1.24 bits per heavy atom. The molecule has 3 rings (SSSR count). The molecule has 1 aromatic carbocycles. The van der Waals surface area contributed by atoms with E-state index in [-0.39, 0.29) is 5.83 Å². The van der Waals surface area contributed by atoms with Gasteiger partial charge in [0.15, 0.2) is 0 Å². The maximum Gasteiger partial charge on any atom is 0.129 e. The molecule has 0 aliphatic rings. The van der Waals surface area contributed by atoms with Crippen molar-refractivity contribution in [2.24, 2.45) is 0 Å². The maximum atomic E-state index is 14.2. The number of H-pyrrole nitrogens is 1. The summed E-state index contributed by atoms with van der Waals surface area (Å²) in [7, 11) is 0. The van der Waals surface area contributed by atoms with E-state index in [2.05, 4.69) is 16.5 Å². The van der Waals surface area contributed by atoms with Crippen LogP contribution in [-0.2, 0) is 0 Å². The zero-order valence-corrected chi connectivity index (χ0v) is 11.7. The van der Waals surface area contributed by atoms with Crippen molar-refractivity contribution in [2.45, 2.75) is 6.92 Å². The molecule has 3 heteroatoms. The van der Waals surface area contributed by atoms with Crippen LogP contribution in [0.25, 0.3) is 34.1 Å². The number of aromatic amines is 1. The second-order valence-corrected chi connectivity index (χ2v) is 4.72. The highest BCUT2D eigenvalue weighted by Gasteiger charge is 2.16. The fourth-order valence-electron chi connectivity index (χ4n) is 2.42. The van der Waals surface area contributed by atoms with Gasteiger partial charge in [-0.2, -0.15) is 0 Å². The van der Waals surface area contributed by atoms with E-state index in [9.17, 15) is 4.39 Å². The van der Waals surface area contributed by atoms with E-state index < -0.39 is 0 Å². The van der Waals surface area contributed by atoms with Gasteiger partial charge in [-0.25, -0.2) is 9.37 Å². The predicted molar refractivity (Wildman–Crippen MR) is 86.4 cm³/mol. The summed E-state index contributed by atoms with van der Waals surface area (Å²) in [4.78, 5) is 7.67. The summed E-state index contributed by atoms with van der Waals surface area (Å²) >= 11 is 0. The van der Waals surface area contributed by atoms with E-state index in [1.54, 1.807) is 19.2 Å². The second-order valence-electron chi connectivity index (χ2n) is 4.72. The van der Waals surface area contributed by atoms with Gasteiger partial charge < -0.3 is 4.98 Å². The smallest absolute Gasteiger partial charge is 0.129 e.